The molecular weight excluding hydrogens is 396 g/mol. The van der Waals surface area contributed by atoms with Crippen LogP contribution in [0.4, 0.5) is 0 Å². The Labute approximate surface area is 178 Å². The van der Waals surface area contributed by atoms with Gasteiger partial charge in [-0.1, -0.05) is 17.3 Å². The summed E-state index contributed by atoms with van der Waals surface area (Å²) >= 11 is 0. The lowest BCUT2D eigenvalue weighted by Gasteiger charge is -2.17. The monoisotopic (exact) mass is 418 g/mol. The summed E-state index contributed by atoms with van der Waals surface area (Å²) in [7, 11) is 1.67. The quantitative estimate of drug-likeness (QED) is 0.515. The van der Waals surface area contributed by atoms with E-state index in [1.165, 1.54) is 4.90 Å². The van der Waals surface area contributed by atoms with Gasteiger partial charge >= 0.3 is 0 Å². The first-order valence-electron chi connectivity index (χ1n) is 9.80. The van der Waals surface area contributed by atoms with Crippen LogP contribution in [0, 0.1) is 13.8 Å². The van der Waals surface area contributed by atoms with Crippen LogP contribution in [0.1, 0.15) is 33.2 Å². The fourth-order valence-corrected chi connectivity index (χ4v) is 3.28. The SMILES string of the molecule is Cc1noc(C)c1COc1ccc(C(=O)N(C)Cc2nc3ccccc3c(=O)[nH]2)cc1. The van der Waals surface area contributed by atoms with Crippen molar-refractivity contribution in [2.75, 3.05) is 7.05 Å². The number of amides is 1. The van der Waals surface area contributed by atoms with E-state index in [1.54, 1.807) is 49.5 Å². The Kier molecular flexibility index (Phi) is 5.53. The Hall–Kier alpha value is -3.94. The maximum absolute atomic E-state index is 12.8. The van der Waals surface area contributed by atoms with E-state index in [9.17, 15) is 9.59 Å². The topological polar surface area (TPSA) is 101 Å². The number of nitrogens with zero attached hydrogens (tertiary/aromatic N) is 3. The fourth-order valence-electron chi connectivity index (χ4n) is 3.28. The van der Waals surface area contributed by atoms with E-state index in [-0.39, 0.29) is 18.0 Å². The molecule has 8 nitrogen and oxygen atoms in total. The molecular formula is C23H22N4O4. The first-order valence-corrected chi connectivity index (χ1v) is 9.80. The van der Waals surface area contributed by atoms with Crippen molar-refractivity contribution in [3.8, 4) is 5.75 Å². The lowest BCUT2D eigenvalue weighted by Crippen LogP contribution is -2.28. The number of carbonyl (C=O) groups excluding carboxylic acids is 1. The van der Waals surface area contributed by atoms with Crippen LogP contribution in [-0.2, 0) is 13.2 Å². The number of hydrogen-bond acceptors (Lipinski definition) is 6. The van der Waals surface area contributed by atoms with E-state index in [0.29, 0.717) is 34.6 Å². The molecule has 158 valence electrons. The Balaban J connectivity index is 1.42. The first kappa shape index (κ1) is 20.3. The zero-order valence-corrected chi connectivity index (χ0v) is 17.5. The lowest BCUT2D eigenvalue weighted by molar-refractivity contribution is 0.0781. The molecule has 2 aromatic heterocycles. The van der Waals surface area contributed by atoms with Gasteiger partial charge in [-0.3, -0.25) is 9.59 Å². The predicted molar refractivity (Wildman–Crippen MR) is 115 cm³/mol. The van der Waals surface area contributed by atoms with Gasteiger partial charge in [0.05, 0.1) is 28.7 Å². The summed E-state index contributed by atoms with van der Waals surface area (Å²) in [5, 5.41) is 4.43. The van der Waals surface area contributed by atoms with Gasteiger partial charge in [0.1, 0.15) is 23.9 Å². The highest BCUT2D eigenvalue weighted by Gasteiger charge is 2.15. The van der Waals surface area contributed by atoms with E-state index in [4.69, 9.17) is 9.26 Å². The van der Waals surface area contributed by atoms with Crippen molar-refractivity contribution in [2.45, 2.75) is 27.0 Å². The smallest absolute Gasteiger partial charge is 0.258 e. The average molecular weight is 418 g/mol. The van der Waals surface area contributed by atoms with Gasteiger partial charge < -0.3 is 19.1 Å². The molecule has 0 saturated heterocycles. The number of rotatable bonds is 6. The highest BCUT2D eigenvalue weighted by Crippen LogP contribution is 2.18. The minimum atomic E-state index is -0.221. The van der Waals surface area contributed by atoms with E-state index < -0.39 is 0 Å². The van der Waals surface area contributed by atoms with Crippen LogP contribution in [0.5, 0.6) is 5.75 Å². The Bertz CT molecular complexity index is 1270. The lowest BCUT2D eigenvalue weighted by atomic mass is 10.2. The van der Waals surface area contributed by atoms with E-state index in [2.05, 4.69) is 15.1 Å². The minimum absolute atomic E-state index is 0.184. The number of H-pyrrole nitrogens is 1. The Morgan fingerprint density at radius 3 is 2.58 bits per heavy atom. The standard InChI is InChI=1S/C23H22N4O4/c1-14-19(15(2)31-26-14)13-30-17-10-8-16(9-11-17)23(29)27(3)12-21-24-20-7-5-4-6-18(20)22(28)25-21/h4-11H,12-13H2,1-3H3,(H,24,25,28). The molecule has 0 aliphatic rings. The second-order valence-corrected chi connectivity index (χ2v) is 7.31. The van der Waals surface area contributed by atoms with Crippen molar-refractivity contribution in [1.29, 1.82) is 0 Å². The molecule has 0 spiro atoms. The molecule has 0 aliphatic heterocycles. The summed E-state index contributed by atoms with van der Waals surface area (Å²) in [6, 6.07) is 14.0. The zero-order valence-electron chi connectivity index (χ0n) is 17.5. The third-order valence-corrected chi connectivity index (χ3v) is 5.06. The largest absolute Gasteiger partial charge is 0.489 e. The predicted octanol–water partition coefficient (Wildman–Crippen LogP) is 3.38. The molecule has 0 aliphatic carbocycles. The van der Waals surface area contributed by atoms with Crippen molar-refractivity contribution in [2.24, 2.45) is 0 Å². The van der Waals surface area contributed by atoms with Gasteiger partial charge in [0.2, 0.25) is 0 Å². The molecule has 1 N–H and O–H groups in total. The number of aromatic nitrogens is 3. The second-order valence-electron chi connectivity index (χ2n) is 7.31. The van der Waals surface area contributed by atoms with Gasteiger partial charge in [-0.25, -0.2) is 4.98 Å². The van der Waals surface area contributed by atoms with Crippen molar-refractivity contribution >= 4 is 16.8 Å². The van der Waals surface area contributed by atoms with E-state index in [0.717, 1.165) is 17.0 Å². The molecule has 0 saturated carbocycles. The third-order valence-electron chi connectivity index (χ3n) is 5.06. The third kappa shape index (κ3) is 4.32. The van der Waals surface area contributed by atoms with E-state index >= 15 is 0 Å². The maximum atomic E-state index is 12.8. The summed E-state index contributed by atoms with van der Waals surface area (Å²) in [6.45, 7) is 4.23. The molecule has 1 amide bonds. The number of fused-ring (bicyclic) bond motifs is 1. The van der Waals surface area contributed by atoms with Gasteiger partial charge in [0, 0.05) is 12.6 Å². The summed E-state index contributed by atoms with van der Waals surface area (Å²) in [4.78, 5) is 33.7. The molecule has 0 fully saturated rings. The first-order chi connectivity index (χ1) is 14.9. The van der Waals surface area contributed by atoms with Gasteiger partial charge in [0.15, 0.2) is 0 Å². The number of hydrogen-bond donors (Lipinski definition) is 1. The number of para-hydroxylation sites is 1. The average Bonchev–Trinajstić information content (AvgIpc) is 3.09. The van der Waals surface area contributed by atoms with Crippen LogP contribution in [-0.4, -0.2) is 33.0 Å². The van der Waals surface area contributed by atoms with Gasteiger partial charge in [-0.2, -0.15) is 0 Å². The van der Waals surface area contributed by atoms with Crippen LogP contribution in [0.2, 0.25) is 0 Å². The number of ether oxygens (including phenoxy) is 1. The van der Waals surface area contributed by atoms with Gasteiger partial charge in [0.25, 0.3) is 11.5 Å². The Morgan fingerprint density at radius 1 is 1.13 bits per heavy atom. The summed E-state index contributed by atoms with van der Waals surface area (Å²) < 4.78 is 10.9. The minimum Gasteiger partial charge on any atom is -0.489 e. The van der Waals surface area contributed by atoms with E-state index in [1.807, 2.05) is 19.9 Å². The number of benzene rings is 2. The van der Waals surface area contributed by atoms with Gasteiger partial charge in [-0.05, 0) is 50.2 Å². The molecule has 4 rings (SSSR count). The van der Waals surface area contributed by atoms with Crippen LogP contribution < -0.4 is 10.3 Å². The molecule has 31 heavy (non-hydrogen) atoms. The number of nitrogens with one attached hydrogen (secondary N) is 1. The molecule has 2 heterocycles. The molecule has 2 aromatic carbocycles. The molecule has 0 radical (unpaired) electrons. The van der Waals surface area contributed by atoms with Crippen molar-refractivity contribution in [3.63, 3.8) is 0 Å². The summed E-state index contributed by atoms with van der Waals surface area (Å²) in [6.07, 6.45) is 0. The van der Waals surface area contributed by atoms with Gasteiger partial charge in [-0.15, -0.1) is 0 Å². The van der Waals surface area contributed by atoms with Crippen molar-refractivity contribution in [1.82, 2.24) is 20.0 Å². The highest BCUT2D eigenvalue weighted by atomic mass is 16.5. The normalized spacial score (nSPS) is 10.9. The Morgan fingerprint density at radius 2 is 1.87 bits per heavy atom. The summed E-state index contributed by atoms with van der Waals surface area (Å²) in [5.74, 6) is 1.61. The number of aryl methyl sites for hydroxylation is 2. The maximum Gasteiger partial charge on any atom is 0.258 e. The molecule has 8 heteroatoms. The number of aromatic amines is 1. The van der Waals surface area contributed by atoms with Crippen LogP contribution in [0.25, 0.3) is 10.9 Å². The number of carbonyl (C=O) groups is 1. The van der Waals surface area contributed by atoms with Crippen molar-refractivity contribution in [3.05, 3.63) is 87.3 Å². The zero-order chi connectivity index (χ0) is 22.0. The van der Waals surface area contributed by atoms with Crippen LogP contribution in [0.3, 0.4) is 0 Å². The molecule has 0 atom stereocenters. The second kappa shape index (κ2) is 8.43. The molecule has 0 bridgehead atoms. The fraction of sp³-hybridized carbons (Fsp3) is 0.217. The highest BCUT2D eigenvalue weighted by molar-refractivity contribution is 5.94. The summed E-state index contributed by atoms with van der Waals surface area (Å²) in [5.41, 5.74) is 2.60. The van der Waals surface area contributed by atoms with Crippen LogP contribution in [0.15, 0.2) is 57.8 Å². The van der Waals surface area contributed by atoms with Crippen molar-refractivity contribution < 1.29 is 14.1 Å². The molecule has 4 aromatic rings. The molecule has 0 unspecified atom stereocenters. The van der Waals surface area contributed by atoms with Crippen LogP contribution >= 0.6 is 0 Å².